The first kappa shape index (κ1) is 17.4. The van der Waals surface area contributed by atoms with E-state index < -0.39 is 0 Å². The Morgan fingerprint density at radius 1 is 1.00 bits per heavy atom. The van der Waals surface area contributed by atoms with Gasteiger partial charge in [0.15, 0.2) is 12.6 Å². The lowest BCUT2D eigenvalue weighted by Crippen LogP contribution is -2.06. The van der Waals surface area contributed by atoms with E-state index >= 15 is 0 Å². The maximum atomic E-state index is 5.51. The van der Waals surface area contributed by atoms with E-state index in [1.165, 1.54) is 6.42 Å². The third-order valence-electron chi connectivity index (χ3n) is 3.05. The molecule has 0 unspecified atom stereocenters. The largest absolute Gasteiger partial charge is 0.494 e. The zero-order valence-electron chi connectivity index (χ0n) is 13.3. The Labute approximate surface area is 127 Å². The van der Waals surface area contributed by atoms with Crippen LogP contribution in [0.4, 0.5) is 0 Å². The first-order chi connectivity index (χ1) is 10.3. The highest BCUT2D eigenvalue weighted by atomic mass is 16.7. The predicted octanol–water partition coefficient (Wildman–Crippen LogP) is 4.22. The number of hydrogen-bond acceptors (Lipinski definition) is 4. The van der Waals surface area contributed by atoms with Crippen molar-refractivity contribution in [1.29, 1.82) is 0 Å². The highest BCUT2D eigenvalue weighted by Gasteiger charge is 2.09. The Morgan fingerprint density at radius 2 is 1.76 bits per heavy atom. The predicted molar refractivity (Wildman–Crippen MR) is 82.4 cm³/mol. The molecule has 4 heteroatoms. The fourth-order valence-corrected chi connectivity index (χ4v) is 1.91. The molecule has 118 valence electrons. The van der Waals surface area contributed by atoms with E-state index in [1.807, 2.05) is 30.3 Å². The van der Waals surface area contributed by atoms with Crippen LogP contribution in [-0.2, 0) is 25.6 Å². The number of allylic oxidation sites excluding steroid dienone is 1. The van der Waals surface area contributed by atoms with Crippen molar-refractivity contribution in [2.75, 3.05) is 21.0 Å². The Hall–Kier alpha value is -1.68. The van der Waals surface area contributed by atoms with Crippen LogP contribution < -0.4 is 0 Å². The third kappa shape index (κ3) is 7.04. The fraction of sp³-hybridized carbons (Fsp3) is 0.529. The van der Waals surface area contributed by atoms with E-state index in [2.05, 4.69) is 6.92 Å². The molecular weight excluding hydrogens is 268 g/mol. The van der Waals surface area contributed by atoms with Gasteiger partial charge in [-0.3, -0.25) is 0 Å². The zero-order chi connectivity index (χ0) is 15.3. The normalized spacial score (nSPS) is 11.8. The number of hydrogen-bond donors (Lipinski definition) is 0. The number of rotatable bonds is 11. The van der Waals surface area contributed by atoms with Gasteiger partial charge in [-0.1, -0.05) is 50.1 Å². The maximum Gasteiger partial charge on any atom is 0.320 e. The van der Waals surface area contributed by atoms with Gasteiger partial charge in [0.05, 0.1) is 20.8 Å². The summed E-state index contributed by atoms with van der Waals surface area (Å²) in [6.45, 7) is 2.82. The summed E-state index contributed by atoms with van der Waals surface area (Å²) < 4.78 is 21.6. The monoisotopic (exact) mass is 294 g/mol. The van der Waals surface area contributed by atoms with Crippen molar-refractivity contribution >= 4 is 0 Å². The van der Waals surface area contributed by atoms with Crippen LogP contribution in [0.3, 0.4) is 0 Å². The molecule has 0 aromatic heterocycles. The molecule has 0 saturated heterocycles. The van der Waals surface area contributed by atoms with Gasteiger partial charge in [0.1, 0.15) is 0 Å². The summed E-state index contributed by atoms with van der Waals surface area (Å²) in [5.41, 5.74) is 1.11. The molecule has 0 spiro atoms. The van der Waals surface area contributed by atoms with Gasteiger partial charge in [0.25, 0.3) is 0 Å². The standard InChI is InChI=1S/C17H26O4/c1-4-5-7-12-16(18-2)17(19-3)21-14-20-13-15-10-8-6-9-11-15/h6,8-11H,4-5,7,12-14H2,1-3H3. The average Bonchev–Trinajstić information content (AvgIpc) is 2.54. The van der Waals surface area contributed by atoms with Gasteiger partial charge >= 0.3 is 5.95 Å². The second-order valence-electron chi connectivity index (χ2n) is 4.67. The molecule has 1 rings (SSSR count). The Morgan fingerprint density at radius 3 is 2.38 bits per heavy atom. The maximum absolute atomic E-state index is 5.51. The van der Waals surface area contributed by atoms with E-state index in [1.54, 1.807) is 14.2 Å². The number of methoxy groups -OCH3 is 2. The lowest BCUT2D eigenvalue weighted by Gasteiger charge is -2.14. The van der Waals surface area contributed by atoms with Gasteiger partial charge in [0, 0.05) is 6.42 Å². The van der Waals surface area contributed by atoms with Crippen LogP contribution in [0, 0.1) is 0 Å². The molecule has 0 N–H and O–H groups in total. The molecule has 0 atom stereocenters. The van der Waals surface area contributed by atoms with E-state index in [9.17, 15) is 0 Å². The van der Waals surface area contributed by atoms with Gasteiger partial charge in [-0.25, -0.2) is 0 Å². The van der Waals surface area contributed by atoms with Crippen molar-refractivity contribution in [2.24, 2.45) is 0 Å². The highest BCUT2D eigenvalue weighted by Crippen LogP contribution is 2.16. The Bertz CT molecular complexity index is 401. The molecule has 0 aliphatic carbocycles. The smallest absolute Gasteiger partial charge is 0.320 e. The van der Waals surface area contributed by atoms with Crippen molar-refractivity contribution in [2.45, 2.75) is 39.2 Å². The summed E-state index contributed by atoms with van der Waals surface area (Å²) >= 11 is 0. The quantitative estimate of drug-likeness (QED) is 0.348. The van der Waals surface area contributed by atoms with E-state index in [4.69, 9.17) is 18.9 Å². The van der Waals surface area contributed by atoms with E-state index in [-0.39, 0.29) is 6.79 Å². The summed E-state index contributed by atoms with van der Waals surface area (Å²) in [4.78, 5) is 0. The van der Waals surface area contributed by atoms with Crippen molar-refractivity contribution in [3.05, 3.63) is 47.6 Å². The second-order valence-corrected chi connectivity index (χ2v) is 4.67. The Balaban J connectivity index is 2.37. The van der Waals surface area contributed by atoms with Crippen LogP contribution in [0.5, 0.6) is 0 Å². The summed E-state index contributed by atoms with van der Waals surface area (Å²) in [6, 6.07) is 9.97. The van der Waals surface area contributed by atoms with Crippen LogP contribution in [0.25, 0.3) is 0 Å². The van der Waals surface area contributed by atoms with Crippen LogP contribution >= 0.6 is 0 Å². The number of unbranched alkanes of at least 4 members (excludes halogenated alkanes) is 2. The molecule has 0 saturated carbocycles. The molecule has 1 aromatic rings. The first-order valence-corrected chi connectivity index (χ1v) is 7.37. The molecule has 0 radical (unpaired) electrons. The minimum atomic E-state index is 0.138. The van der Waals surface area contributed by atoms with Gasteiger partial charge < -0.3 is 18.9 Å². The van der Waals surface area contributed by atoms with E-state index in [0.29, 0.717) is 12.6 Å². The SMILES string of the molecule is CCCCCC(OC)=C(OC)OCOCc1ccccc1. The molecular formula is C17H26O4. The first-order valence-electron chi connectivity index (χ1n) is 7.37. The summed E-state index contributed by atoms with van der Waals surface area (Å²) in [6.07, 6.45) is 4.20. The summed E-state index contributed by atoms with van der Waals surface area (Å²) in [5, 5.41) is 0. The van der Waals surface area contributed by atoms with Gasteiger partial charge in [0.2, 0.25) is 0 Å². The molecule has 0 aliphatic rings. The molecule has 0 fully saturated rings. The molecule has 0 amide bonds. The molecule has 0 aliphatic heterocycles. The molecule has 4 nitrogen and oxygen atoms in total. The minimum Gasteiger partial charge on any atom is -0.494 e. The number of ether oxygens (including phenoxy) is 4. The molecule has 0 bridgehead atoms. The van der Waals surface area contributed by atoms with Gasteiger partial charge in [-0.2, -0.15) is 0 Å². The topological polar surface area (TPSA) is 36.9 Å². The zero-order valence-corrected chi connectivity index (χ0v) is 13.3. The average molecular weight is 294 g/mol. The van der Waals surface area contributed by atoms with E-state index in [0.717, 1.165) is 30.6 Å². The second kappa shape index (κ2) is 11.0. The van der Waals surface area contributed by atoms with Crippen LogP contribution in [-0.4, -0.2) is 21.0 Å². The van der Waals surface area contributed by atoms with Gasteiger partial charge in [-0.05, 0) is 12.0 Å². The molecule has 0 heterocycles. The van der Waals surface area contributed by atoms with Crippen LogP contribution in [0.2, 0.25) is 0 Å². The highest BCUT2D eigenvalue weighted by molar-refractivity contribution is 5.13. The summed E-state index contributed by atoms with van der Waals surface area (Å²) in [7, 11) is 3.21. The van der Waals surface area contributed by atoms with Crippen LogP contribution in [0.1, 0.15) is 38.2 Å². The summed E-state index contributed by atoms with van der Waals surface area (Å²) in [5.74, 6) is 1.14. The van der Waals surface area contributed by atoms with Crippen molar-refractivity contribution < 1.29 is 18.9 Å². The molecule has 21 heavy (non-hydrogen) atoms. The number of benzene rings is 1. The third-order valence-corrected chi connectivity index (χ3v) is 3.05. The van der Waals surface area contributed by atoms with Crippen LogP contribution in [0.15, 0.2) is 42.0 Å². The lowest BCUT2D eigenvalue weighted by atomic mass is 10.2. The minimum absolute atomic E-state index is 0.138. The Kier molecular flexibility index (Phi) is 9.13. The van der Waals surface area contributed by atoms with Gasteiger partial charge in [-0.15, -0.1) is 0 Å². The van der Waals surface area contributed by atoms with Crippen molar-refractivity contribution in [3.8, 4) is 0 Å². The van der Waals surface area contributed by atoms with Crippen molar-refractivity contribution in [1.82, 2.24) is 0 Å². The lowest BCUT2D eigenvalue weighted by molar-refractivity contribution is -0.0801. The van der Waals surface area contributed by atoms with Crippen molar-refractivity contribution in [3.63, 3.8) is 0 Å². The molecule has 1 aromatic carbocycles. The fourth-order valence-electron chi connectivity index (χ4n) is 1.91.